The predicted molar refractivity (Wildman–Crippen MR) is 76.3 cm³/mol. The number of carbonyl (C=O) groups excluding carboxylic acids is 1. The molecule has 2 rings (SSSR count). The van der Waals surface area contributed by atoms with Gasteiger partial charge in [0.25, 0.3) is 0 Å². The highest BCUT2D eigenvalue weighted by atomic mass is 35.5. The van der Waals surface area contributed by atoms with Gasteiger partial charge in [0.05, 0.1) is 15.7 Å². The van der Waals surface area contributed by atoms with E-state index in [1.54, 1.807) is 18.2 Å². The van der Waals surface area contributed by atoms with E-state index in [9.17, 15) is 4.79 Å². The molecule has 1 aromatic carbocycles. The number of hydrogen-bond donors (Lipinski definition) is 1. The minimum absolute atomic E-state index is 0.0110. The van der Waals surface area contributed by atoms with Gasteiger partial charge in [0.15, 0.2) is 0 Å². The van der Waals surface area contributed by atoms with Gasteiger partial charge in [0.1, 0.15) is 0 Å². The second kappa shape index (κ2) is 6.44. The van der Waals surface area contributed by atoms with Crippen molar-refractivity contribution in [1.29, 1.82) is 0 Å². The normalized spacial score (nSPS) is 16.6. The molecule has 0 saturated heterocycles. The molecule has 1 N–H and O–H groups in total. The van der Waals surface area contributed by atoms with Crippen LogP contribution in [0.5, 0.6) is 0 Å². The van der Waals surface area contributed by atoms with Crippen LogP contribution in [-0.4, -0.2) is 5.91 Å². The van der Waals surface area contributed by atoms with Gasteiger partial charge in [-0.25, -0.2) is 0 Å². The molecule has 0 bridgehead atoms. The summed E-state index contributed by atoms with van der Waals surface area (Å²) in [6, 6.07) is 5.22. The van der Waals surface area contributed by atoms with Crippen molar-refractivity contribution in [3.63, 3.8) is 0 Å². The average molecular weight is 286 g/mol. The topological polar surface area (TPSA) is 29.1 Å². The summed E-state index contributed by atoms with van der Waals surface area (Å²) >= 11 is 12.0. The molecule has 0 unspecified atom stereocenters. The molecule has 4 heteroatoms. The van der Waals surface area contributed by atoms with Crippen molar-refractivity contribution in [2.24, 2.45) is 5.92 Å². The number of carbonyl (C=O) groups is 1. The van der Waals surface area contributed by atoms with Crippen LogP contribution in [0.1, 0.15) is 38.5 Å². The average Bonchev–Trinajstić information content (AvgIpc) is 2.35. The van der Waals surface area contributed by atoms with E-state index in [1.165, 1.54) is 19.3 Å². The maximum Gasteiger partial charge on any atom is 0.224 e. The number of nitrogens with one attached hydrogen (secondary N) is 1. The summed E-state index contributed by atoms with van der Waals surface area (Å²) in [5.41, 5.74) is 0.529. The van der Waals surface area contributed by atoms with Crippen LogP contribution in [0, 0.1) is 5.92 Å². The van der Waals surface area contributed by atoms with Gasteiger partial charge in [0.2, 0.25) is 5.91 Å². The molecule has 1 aliphatic rings. The van der Waals surface area contributed by atoms with E-state index in [1.807, 2.05) is 0 Å². The molecule has 0 aromatic heterocycles. The van der Waals surface area contributed by atoms with Gasteiger partial charge in [-0.3, -0.25) is 4.79 Å². The van der Waals surface area contributed by atoms with Crippen LogP contribution in [0.3, 0.4) is 0 Å². The summed E-state index contributed by atoms with van der Waals surface area (Å²) in [4.78, 5) is 12.0. The lowest BCUT2D eigenvalue weighted by Gasteiger charge is -2.21. The predicted octanol–water partition coefficient (Wildman–Crippen LogP) is 4.90. The molecule has 0 atom stereocenters. The highest BCUT2D eigenvalue weighted by Gasteiger charge is 2.18. The molecule has 0 heterocycles. The Morgan fingerprint density at radius 1 is 1.17 bits per heavy atom. The van der Waals surface area contributed by atoms with Crippen LogP contribution in [-0.2, 0) is 4.79 Å². The first-order chi connectivity index (χ1) is 8.66. The van der Waals surface area contributed by atoms with E-state index in [4.69, 9.17) is 23.2 Å². The van der Waals surface area contributed by atoms with Gasteiger partial charge in [-0.2, -0.15) is 0 Å². The summed E-state index contributed by atoms with van der Waals surface area (Å²) in [6.45, 7) is 0. The smallest absolute Gasteiger partial charge is 0.224 e. The summed E-state index contributed by atoms with van der Waals surface area (Å²) in [7, 11) is 0. The van der Waals surface area contributed by atoms with Crippen molar-refractivity contribution in [2.45, 2.75) is 38.5 Å². The van der Waals surface area contributed by atoms with Crippen LogP contribution < -0.4 is 5.32 Å². The number of benzene rings is 1. The molecule has 0 aliphatic heterocycles. The maximum absolute atomic E-state index is 12.0. The summed E-state index contributed by atoms with van der Waals surface area (Å²) < 4.78 is 0. The number of rotatable bonds is 3. The molecule has 0 spiro atoms. The zero-order valence-electron chi connectivity index (χ0n) is 10.2. The highest BCUT2D eigenvalue weighted by Crippen LogP contribution is 2.31. The van der Waals surface area contributed by atoms with E-state index in [0.29, 0.717) is 28.1 Å². The van der Waals surface area contributed by atoms with E-state index < -0.39 is 0 Å². The third-order valence-corrected chi connectivity index (χ3v) is 4.06. The van der Waals surface area contributed by atoms with Gasteiger partial charge >= 0.3 is 0 Å². The van der Waals surface area contributed by atoms with Crippen molar-refractivity contribution in [3.05, 3.63) is 28.2 Å². The third kappa shape index (κ3) is 3.63. The van der Waals surface area contributed by atoms with Gasteiger partial charge in [0, 0.05) is 6.42 Å². The summed E-state index contributed by atoms with van der Waals surface area (Å²) in [5, 5.41) is 3.79. The largest absolute Gasteiger partial charge is 0.324 e. The number of halogens is 2. The third-order valence-electron chi connectivity index (χ3n) is 3.43. The van der Waals surface area contributed by atoms with Crippen molar-refractivity contribution in [3.8, 4) is 0 Å². The first kappa shape index (κ1) is 13.7. The number of anilines is 1. The highest BCUT2D eigenvalue weighted by molar-refractivity contribution is 6.39. The second-order valence-electron chi connectivity index (χ2n) is 4.85. The first-order valence-electron chi connectivity index (χ1n) is 6.40. The molecular weight excluding hydrogens is 269 g/mol. The number of para-hydroxylation sites is 1. The fourth-order valence-corrected chi connectivity index (χ4v) is 2.95. The van der Waals surface area contributed by atoms with Crippen molar-refractivity contribution < 1.29 is 4.79 Å². The zero-order chi connectivity index (χ0) is 13.0. The Morgan fingerprint density at radius 2 is 1.78 bits per heavy atom. The summed E-state index contributed by atoms with van der Waals surface area (Å²) in [5.74, 6) is 0.525. The lowest BCUT2D eigenvalue weighted by Crippen LogP contribution is -2.18. The quantitative estimate of drug-likeness (QED) is 0.841. The molecule has 2 nitrogen and oxygen atoms in total. The molecule has 1 aromatic rings. The van der Waals surface area contributed by atoms with E-state index in [2.05, 4.69) is 5.32 Å². The molecule has 1 fully saturated rings. The molecule has 0 radical (unpaired) electrons. The van der Waals surface area contributed by atoms with Gasteiger partial charge in [-0.1, -0.05) is 48.5 Å². The fourth-order valence-electron chi connectivity index (χ4n) is 2.46. The molecule has 1 saturated carbocycles. The van der Waals surface area contributed by atoms with Crippen LogP contribution >= 0.6 is 23.2 Å². The lowest BCUT2D eigenvalue weighted by molar-refractivity contribution is -0.117. The Hall–Kier alpha value is -0.730. The van der Waals surface area contributed by atoms with Gasteiger partial charge < -0.3 is 5.32 Å². The van der Waals surface area contributed by atoms with E-state index >= 15 is 0 Å². The molecule has 98 valence electrons. The first-order valence-corrected chi connectivity index (χ1v) is 7.16. The molecule has 1 amide bonds. The van der Waals surface area contributed by atoms with Crippen molar-refractivity contribution in [1.82, 2.24) is 0 Å². The van der Waals surface area contributed by atoms with E-state index in [-0.39, 0.29) is 5.91 Å². The minimum atomic E-state index is 0.0110. The number of amides is 1. The monoisotopic (exact) mass is 285 g/mol. The van der Waals surface area contributed by atoms with Crippen LogP contribution in [0.15, 0.2) is 18.2 Å². The van der Waals surface area contributed by atoms with Crippen LogP contribution in [0.4, 0.5) is 5.69 Å². The van der Waals surface area contributed by atoms with Crippen molar-refractivity contribution in [2.75, 3.05) is 5.32 Å². The Bertz CT molecular complexity index is 408. The standard InChI is InChI=1S/C14H17Cl2NO/c15-11-7-4-8-12(16)14(11)17-13(18)9-10-5-2-1-3-6-10/h4,7-8,10H,1-3,5-6,9H2,(H,17,18). The Labute approximate surface area is 118 Å². The van der Waals surface area contributed by atoms with Gasteiger partial charge in [-0.05, 0) is 30.9 Å². The fraction of sp³-hybridized carbons (Fsp3) is 0.500. The summed E-state index contributed by atoms with van der Waals surface area (Å²) in [6.07, 6.45) is 6.67. The molecule has 1 aliphatic carbocycles. The Morgan fingerprint density at radius 3 is 2.39 bits per heavy atom. The Balaban J connectivity index is 1.94. The second-order valence-corrected chi connectivity index (χ2v) is 5.67. The number of hydrogen-bond acceptors (Lipinski definition) is 1. The maximum atomic E-state index is 12.0. The minimum Gasteiger partial charge on any atom is -0.324 e. The van der Waals surface area contributed by atoms with Crippen LogP contribution in [0.2, 0.25) is 10.0 Å². The lowest BCUT2D eigenvalue weighted by atomic mass is 9.87. The SMILES string of the molecule is O=C(CC1CCCCC1)Nc1c(Cl)cccc1Cl. The van der Waals surface area contributed by atoms with Crippen LogP contribution in [0.25, 0.3) is 0 Å². The zero-order valence-corrected chi connectivity index (χ0v) is 11.7. The van der Waals surface area contributed by atoms with E-state index in [0.717, 1.165) is 12.8 Å². The Kier molecular flexibility index (Phi) is 4.90. The van der Waals surface area contributed by atoms with Crippen molar-refractivity contribution >= 4 is 34.8 Å². The molecular formula is C14H17Cl2NO. The van der Waals surface area contributed by atoms with Gasteiger partial charge in [-0.15, -0.1) is 0 Å². The molecule has 18 heavy (non-hydrogen) atoms.